The number of fused-ring (bicyclic) bond motifs is 1. The van der Waals surface area contributed by atoms with Crippen molar-refractivity contribution in [3.8, 4) is 5.75 Å². The van der Waals surface area contributed by atoms with Gasteiger partial charge in [-0.25, -0.2) is 4.79 Å². The molecule has 5 heteroatoms. The van der Waals surface area contributed by atoms with Gasteiger partial charge in [-0.3, -0.25) is 4.79 Å². The number of carbonyl (C=O) groups is 2. The average molecular weight is 325 g/mol. The first-order valence-corrected chi connectivity index (χ1v) is 7.98. The molecular formula is C19H19NO4. The zero-order valence-electron chi connectivity index (χ0n) is 13.5. The molecule has 2 aromatic rings. The molecule has 1 amide bonds. The molecule has 2 aromatic carbocycles. The molecule has 0 bridgehead atoms. The van der Waals surface area contributed by atoms with Crippen molar-refractivity contribution in [2.24, 2.45) is 0 Å². The minimum Gasteiger partial charge on any atom is -0.483 e. The molecule has 0 radical (unpaired) electrons. The number of hydrogen-bond acceptors (Lipinski definition) is 4. The van der Waals surface area contributed by atoms with Crippen LogP contribution in [0.1, 0.15) is 22.8 Å². The van der Waals surface area contributed by atoms with Crippen LogP contribution in [0.15, 0.2) is 48.5 Å². The molecule has 0 atom stereocenters. The third-order valence-electron chi connectivity index (χ3n) is 3.92. The summed E-state index contributed by atoms with van der Waals surface area (Å²) in [6, 6.07) is 14.6. The van der Waals surface area contributed by atoms with Gasteiger partial charge < -0.3 is 14.4 Å². The molecule has 0 saturated carbocycles. The average Bonchev–Trinajstić information content (AvgIpc) is 3.04. The molecular weight excluding hydrogens is 306 g/mol. The Balaban J connectivity index is 1.69. The second-order valence-corrected chi connectivity index (χ2v) is 5.43. The molecule has 24 heavy (non-hydrogen) atoms. The van der Waals surface area contributed by atoms with E-state index in [1.807, 2.05) is 24.3 Å². The van der Waals surface area contributed by atoms with Gasteiger partial charge in [-0.1, -0.05) is 30.3 Å². The molecule has 5 nitrogen and oxygen atoms in total. The minimum atomic E-state index is -0.452. The molecule has 124 valence electrons. The Morgan fingerprint density at radius 2 is 1.83 bits per heavy atom. The third-order valence-corrected chi connectivity index (χ3v) is 3.92. The Bertz CT molecular complexity index is 757. The Morgan fingerprint density at radius 3 is 2.67 bits per heavy atom. The van der Waals surface area contributed by atoms with Crippen molar-refractivity contribution < 1.29 is 19.1 Å². The highest BCUT2D eigenvalue weighted by molar-refractivity contribution is 5.97. The van der Waals surface area contributed by atoms with E-state index in [2.05, 4.69) is 0 Å². The largest absolute Gasteiger partial charge is 0.483 e. The van der Waals surface area contributed by atoms with Gasteiger partial charge in [0.1, 0.15) is 11.3 Å². The second-order valence-electron chi connectivity index (χ2n) is 5.43. The number of esters is 1. The second kappa shape index (κ2) is 7.17. The maximum absolute atomic E-state index is 12.5. The van der Waals surface area contributed by atoms with Gasteiger partial charge in [-0.05, 0) is 37.1 Å². The van der Waals surface area contributed by atoms with Gasteiger partial charge in [0.2, 0.25) is 0 Å². The number of amides is 1. The van der Waals surface area contributed by atoms with E-state index in [9.17, 15) is 9.59 Å². The van der Waals surface area contributed by atoms with Crippen LogP contribution in [0.3, 0.4) is 0 Å². The lowest BCUT2D eigenvalue weighted by Gasteiger charge is -2.18. The van der Waals surface area contributed by atoms with E-state index in [0.29, 0.717) is 17.9 Å². The van der Waals surface area contributed by atoms with E-state index >= 15 is 0 Å². The van der Waals surface area contributed by atoms with Crippen molar-refractivity contribution in [2.75, 3.05) is 24.7 Å². The lowest BCUT2D eigenvalue weighted by Crippen LogP contribution is -2.33. The van der Waals surface area contributed by atoms with Crippen molar-refractivity contribution in [2.45, 2.75) is 13.3 Å². The number of nitrogens with zero attached hydrogens (tertiary/aromatic N) is 1. The number of anilines is 1. The summed E-state index contributed by atoms with van der Waals surface area (Å²) in [6.07, 6.45) is 0.849. The van der Waals surface area contributed by atoms with Gasteiger partial charge in [-0.2, -0.15) is 0 Å². The van der Waals surface area contributed by atoms with Gasteiger partial charge in [0, 0.05) is 12.2 Å². The van der Waals surface area contributed by atoms with Gasteiger partial charge in [0.05, 0.1) is 6.61 Å². The van der Waals surface area contributed by atoms with Crippen LogP contribution >= 0.6 is 0 Å². The standard InChI is InChI=1S/C19H19NO4/c1-2-23-19(22)15-8-4-6-10-17(15)24-13-18(21)20-12-11-14-7-3-5-9-16(14)20/h3-10H,2,11-13H2,1H3. The maximum atomic E-state index is 12.5. The summed E-state index contributed by atoms with van der Waals surface area (Å²) in [6.45, 7) is 2.57. The molecule has 0 saturated heterocycles. The maximum Gasteiger partial charge on any atom is 0.341 e. The number of hydrogen-bond donors (Lipinski definition) is 0. The van der Waals surface area contributed by atoms with Crippen LogP contribution in [0, 0.1) is 0 Å². The Labute approximate surface area is 140 Å². The van der Waals surface area contributed by atoms with E-state index in [1.54, 1.807) is 36.1 Å². The SMILES string of the molecule is CCOC(=O)c1ccccc1OCC(=O)N1CCc2ccccc21. The number of rotatable bonds is 5. The lowest BCUT2D eigenvalue weighted by molar-refractivity contribution is -0.120. The predicted molar refractivity (Wildman–Crippen MR) is 90.4 cm³/mol. The normalized spacial score (nSPS) is 12.6. The van der Waals surface area contributed by atoms with E-state index in [1.165, 1.54) is 0 Å². The lowest BCUT2D eigenvalue weighted by atomic mass is 10.2. The minimum absolute atomic E-state index is 0.120. The zero-order chi connectivity index (χ0) is 16.9. The molecule has 3 rings (SSSR count). The first-order valence-electron chi connectivity index (χ1n) is 7.98. The summed E-state index contributed by atoms with van der Waals surface area (Å²) in [7, 11) is 0. The summed E-state index contributed by atoms with van der Waals surface area (Å²) >= 11 is 0. The highest BCUT2D eigenvalue weighted by atomic mass is 16.5. The number of carbonyl (C=O) groups excluding carboxylic acids is 2. The summed E-state index contributed by atoms with van der Waals surface area (Å²) in [5.41, 5.74) is 2.43. The smallest absolute Gasteiger partial charge is 0.341 e. The fraction of sp³-hybridized carbons (Fsp3) is 0.263. The first kappa shape index (κ1) is 16.1. The van der Waals surface area contributed by atoms with Crippen LogP contribution < -0.4 is 9.64 Å². The molecule has 0 unspecified atom stereocenters. The van der Waals surface area contributed by atoms with Crippen LogP contribution in [0.2, 0.25) is 0 Å². The first-order chi connectivity index (χ1) is 11.7. The third kappa shape index (κ3) is 3.25. The summed E-state index contributed by atoms with van der Waals surface area (Å²) in [5, 5.41) is 0. The fourth-order valence-electron chi connectivity index (χ4n) is 2.78. The van der Waals surface area contributed by atoms with Gasteiger partial charge >= 0.3 is 5.97 Å². The van der Waals surface area contributed by atoms with Gasteiger partial charge in [-0.15, -0.1) is 0 Å². The van der Waals surface area contributed by atoms with Crippen molar-refractivity contribution in [1.82, 2.24) is 0 Å². The van der Waals surface area contributed by atoms with E-state index in [-0.39, 0.29) is 19.1 Å². The number of ether oxygens (including phenoxy) is 2. The van der Waals surface area contributed by atoms with Crippen LogP contribution in [0.5, 0.6) is 5.75 Å². The molecule has 0 aromatic heterocycles. The van der Waals surface area contributed by atoms with E-state index < -0.39 is 5.97 Å². The van der Waals surface area contributed by atoms with Crippen LogP contribution in [-0.4, -0.2) is 31.6 Å². The highest BCUT2D eigenvalue weighted by Crippen LogP contribution is 2.27. The summed E-state index contributed by atoms with van der Waals surface area (Å²) in [5.74, 6) is -0.220. The fourth-order valence-corrected chi connectivity index (χ4v) is 2.78. The zero-order valence-corrected chi connectivity index (χ0v) is 13.5. The predicted octanol–water partition coefficient (Wildman–Crippen LogP) is 2.83. The van der Waals surface area contributed by atoms with Crippen molar-refractivity contribution >= 4 is 17.6 Å². The van der Waals surface area contributed by atoms with Crippen molar-refractivity contribution in [3.05, 3.63) is 59.7 Å². The van der Waals surface area contributed by atoms with Gasteiger partial charge in [0.25, 0.3) is 5.91 Å². The Morgan fingerprint density at radius 1 is 1.08 bits per heavy atom. The monoisotopic (exact) mass is 325 g/mol. The number of benzene rings is 2. The molecule has 1 aliphatic heterocycles. The molecule has 0 aliphatic carbocycles. The molecule has 1 aliphatic rings. The Hall–Kier alpha value is -2.82. The van der Waals surface area contributed by atoms with Crippen LogP contribution in [-0.2, 0) is 16.0 Å². The van der Waals surface area contributed by atoms with Crippen molar-refractivity contribution in [3.63, 3.8) is 0 Å². The quantitative estimate of drug-likeness (QED) is 0.793. The molecule has 0 spiro atoms. The van der Waals surface area contributed by atoms with E-state index in [0.717, 1.165) is 17.7 Å². The van der Waals surface area contributed by atoms with Crippen molar-refractivity contribution in [1.29, 1.82) is 0 Å². The highest BCUT2D eigenvalue weighted by Gasteiger charge is 2.24. The molecule has 0 fully saturated rings. The summed E-state index contributed by atoms with van der Waals surface area (Å²) in [4.78, 5) is 26.1. The van der Waals surface area contributed by atoms with Crippen LogP contribution in [0.4, 0.5) is 5.69 Å². The molecule has 1 heterocycles. The number of para-hydroxylation sites is 2. The van der Waals surface area contributed by atoms with E-state index in [4.69, 9.17) is 9.47 Å². The van der Waals surface area contributed by atoms with Crippen LogP contribution in [0.25, 0.3) is 0 Å². The topological polar surface area (TPSA) is 55.8 Å². The summed E-state index contributed by atoms with van der Waals surface area (Å²) < 4.78 is 10.6. The Kier molecular flexibility index (Phi) is 4.79. The molecule has 0 N–H and O–H groups in total. The van der Waals surface area contributed by atoms with Gasteiger partial charge in [0.15, 0.2) is 6.61 Å².